The second kappa shape index (κ2) is 5.83. The first kappa shape index (κ1) is 15.0. The molecule has 3 aromatic rings. The van der Waals surface area contributed by atoms with E-state index >= 15 is 0 Å². The Labute approximate surface area is 141 Å². The number of aryl methyl sites for hydroxylation is 1. The molecule has 1 aromatic heterocycles. The average molecular weight is 323 g/mol. The van der Waals surface area contributed by atoms with Gasteiger partial charge in [-0.2, -0.15) is 0 Å². The molecule has 1 atom stereocenters. The summed E-state index contributed by atoms with van der Waals surface area (Å²) in [7, 11) is 0. The van der Waals surface area contributed by atoms with Gasteiger partial charge in [-0.3, -0.25) is 0 Å². The van der Waals surface area contributed by atoms with Crippen molar-refractivity contribution in [1.82, 2.24) is 9.55 Å². The molecule has 0 radical (unpaired) electrons. The summed E-state index contributed by atoms with van der Waals surface area (Å²) in [6.45, 7) is 5.19. The molecule has 5 nitrogen and oxygen atoms in total. The predicted molar refractivity (Wildman–Crippen MR) is 94.3 cm³/mol. The van der Waals surface area contributed by atoms with E-state index in [-0.39, 0.29) is 12.8 Å². The van der Waals surface area contributed by atoms with Gasteiger partial charge in [0.25, 0.3) is 0 Å². The highest BCUT2D eigenvalue weighted by atomic mass is 16.7. The summed E-state index contributed by atoms with van der Waals surface area (Å²) in [5.41, 5.74) is 10.5. The molecule has 0 fully saturated rings. The summed E-state index contributed by atoms with van der Waals surface area (Å²) in [6, 6.07) is 12.3. The van der Waals surface area contributed by atoms with Crippen LogP contribution in [0.5, 0.6) is 11.5 Å². The van der Waals surface area contributed by atoms with Gasteiger partial charge in [-0.1, -0.05) is 31.2 Å². The van der Waals surface area contributed by atoms with Crippen molar-refractivity contribution < 1.29 is 9.47 Å². The number of benzene rings is 2. The Morgan fingerprint density at radius 3 is 2.71 bits per heavy atom. The second-order valence-corrected chi connectivity index (χ2v) is 6.22. The van der Waals surface area contributed by atoms with Crippen molar-refractivity contribution in [3.8, 4) is 22.9 Å². The van der Waals surface area contributed by atoms with E-state index in [1.54, 1.807) is 0 Å². The molecule has 1 aliphatic rings. The molecule has 5 heteroatoms. The van der Waals surface area contributed by atoms with Crippen molar-refractivity contribution in [2.45, 2.75) is 32.9 Å². The van der Waals surface area contributed by atoms with Crippen molar-refractivity contribution in [1.29, 1.82) is 0 Å². The minimum atomic E-state index is 0.0793. The third kappa shape index (κ3) is 2.41. The highest BCUT2D eigenvalue weighted by Gasteiger charge is 2.21. The van der Waals surface area contributed by atoms with E-state index in [0.29, 0.717) is 0 Å². The van der Waals surface area contributed by atoms with Crippen LogP contribution in [0.15, 0.2) is 36.4 Å². The first-order valence-corrected chi connectivity index (χ1v) is 8.29. The SMILES string of the molecule is CCC(N)Cn1c(-c2ccccc2C)nc2cc3c(cc21)OCO3. The average Bonchev–Trinajstić information content (AvgIpc) is 3.17. The van der Waals surface area contributed by atoms with Crippen LogP contribution < -0.4 is 15.2 Å². The van der Waals surface area contributed by atoms with Crippen molar-refractivity contribution in [3.05, 3.63) is 42.0 Å². The number of hydrogen-bond donors (Lipinski definition) is 1. The van der Waals surface area contributed by atoms with E-state index in [1.165, 1.54) is 5.56 Å². The second-order valence-electron chi connectivity index (χ2n) is 6.22. The van der Waals surface area contributed by atoms with Crippen LogP contribution >= 0.6 is 0 Å². The Kier molecular flexibility index (Phi) is 3.65. The number of aromatic nitrogens is 2. The Hall–Kier alpha value is -2.53. The number of fused-ring (bicyclic) bond motifs is 2. The third-order valence-electron chi connectivity index (χ3n) is 4.57. The van der Waals surface area contributed by atoms with Crippen molar-refractivity contribution in [3.63, 3.8) is 0 Å². The number of ether oxygens (including phenoxy) is 2. The van der Waals surface area contributed by atoms with Crippen molar-refractivity contribution in [2.24, 2.45) is 5.73 Å². The molecule has 0 spiro atoms. The molecule has 0 saturated heterocycles. The largest absolute Gasteiger partial charge is 0.454 e. The van der Waals surface area contributed by atoms with Crippen LogP contribution in [-0.4, -0.2) is 22.4 Å². The van der Waals surface area contributed by atoms with Crippen LogP contribution in [0, 0.1) is 6.92 Å². The number of imidazole rings is 1. The Bertz CT molecular complexity index is 901. The lowest BCUT2D eigenvalue weighted by Crippen LogP contribution is -2.25. The van der Waals surface area contributed by atoms with Crippen molar-refractivity contribution >= 4 is 11.0 Å². The van der Waals surface area contributed by atoms with E-state index in [2.05, 4.69) is 30.5 Å². The number of nitrogens with zero attached hydrogens (tertiary/aromatic N) is 2. The van der Waals surface area contributed by atoms with E-state index < -0.39 is 0 Å². The highest BCUT2D eigenvalue weighted by molar-refractivity contribution is 5.84. The van der Waals surface area contributed by atoms with Crippen molar-refractivity contribution in [2.75, 3.05) is 6.79 Å². The predicted octanol–water partition coefficient (Wildman–Crippen LogP) is 3.48. The van der Waals surface area contributed by atoms with Gasteiger partial charge in [-0.15, -0.1) is 0 Å². The lowest BCUT2D eigenvalue weighted by molar-refractivity contribution is 0.174. The lowest BCUT2D eigenvalue weighted by Gasteiger charge is -2.15. The lowest BCUT2D eigenvalue weighted by atomic mass is 10.1. The van der Waals surface area contributed by atoms with Gasteiger partial charge in [-0.25, -0.2) is 4.98 Å². The van der Waals surface area contributed by atoms with Crippen LogP contribution in [0.3, 0.4) is 0 Å². The minimum absolute atomic E-state index is 0.0793. The summed E-state index contributed by atoms with van der Waals surface area (Å²) < 4.78 is 13.2. The molecule has 2 N–H and O–H groups in total. The first-order valence-electron chi connectivity index (χ1n) is 8.29. The zero-order chi connectivity index (χ0) is 16.7. The molecule has 0 bridgehead atoms. The fourth-order valence-electron chi connectivity index (χ4n) is 3.09. The van der Waals surface area contributed by atoms with Gasteiger partial charge in [-0.05, 0) is 18.9 Å². The van der Waals surface area contributed by atoms with E-state index in [4.69, 9.17) is 20.2 Å². The van der Waals surface area contributed by atoms with Crippen LogP contribution in [0.25, 0.3) is 22.4 Å². The van der Waals surface area contributed by atoms with Gasteiger partial charge in [0.1, 0.15) is 5.82 Å². The first-order chi connectivity index (χ1) is 11.7. The summed E-state index contributed by atoms with van der Waals surface area (Å²) in [5.74, 6) is 2.46. The minimum Gasteiger partial charge on any atom is -0.454 e. The summed E-state index contributed by atoms with van der Waals surface area (Å²) >= 11 is 0. The molecule has 124 valence electrons. The maximum atomic E-state index is 6.25. The Balaban J connectivity index is 1.95. The highest BCUT2D eigenvalue weighted by Crippen LogP contribution is 2.38. The number of rotatable bonds is 4. The molecule has 0 aliphatic carbocycles. The van der Waals surface area contributed by atoms with Crippen LogP contribution in [0.2, 0.25) is 0 Å². The molecular formula is C19H21N3O2. The van der Waals surface area contributed by atoms with Crippen LogP contribution in [-0.2, 0) is 6.54 Å². The van der Waals surface area contributed by atoms with Gasteiger partial charge in [0.2, 0.25) is 6.79 Å². The smallest absolute Gasteiger partial charge is 0.231 e. The Morgan fingerprint density at radius 1 is 1.21 bits per heavy atom. The van der Waals surface area contributed by atoms with Gasteiger partial charge in [0.05, 0.1) is 11.0 Å². The standard InChI is InChI=1S/C19H21N3O2/c1-3-13(20)10-22-16-9-18-17(23-11-24-18)8-15(16)21-19(22)14-7-5-4-6-12(14)2/h4-9,13H,3,10-11,20H2,1-2H3. The van der Waals surface area contributed by atoms with Crippen LogP contribution in [0.4, 0.5) is 0 Å². The zero-order valence-corrected chi connectivity index (χ0v) is 14.0. The third-order valence-corrected chi connectivity index (χ3v) is 4.57. The van der Waals surface area contributed by atoms with Gasteiger partial charge in [0.15, 0.2) is 11.5 Å². The normalized spacial score (nSPS) is 14.3. The monoisotopic (exact) mass is 323 g/mol. The fourth-order valence-corrected chi connectivity index (χ4v) is 3.09. The molecule has 2 aromatic carbocycles. The topological polar surface area (TPSA) is 62.3 Å². The molecule has 0 saturated carbocycles. The van der Waals surface area contributed by atoms with E-state index in [0.717, 1.165) is 46.9 Å². The maximum absolute atomic E-state index is 6.25. The zero-order valence-electron chi connectivity index (χ0n) is 14.0. The summed E-state index contributed by atoms with van der Waals surface area (Å²) in [6.07, 6.45) is 0.914. The van der Waals surface area contributed by atoms with Crippen LogP contribution in [0.1, 0.15) is 18.9 Å². The molecular weight excluding hydrogens is 302 g/mol. The Morgan fingerprint density at radius 2 is 1.96 bits per heavy atom. The maximum Gasteiger partial charge on any atom is 0.231 e. The molecule has 1 unspecified atom stereocenters. The molecule has 0 amide bonds. The summed E-state index contributed by atoms with van der Waals surface area (Å²) in [5, 5.41) is 0. The quantitative estimate of drug-likeness (QED) is 0.798. The summed E-state index contributed by atoms with van der Waals surface area (Å²) in [4.78, 5) is 4.88. The fraction of sp³-hybridized carbons (Fsp3) is 0.316. The molecule has 2 heterocycles. The number of hydrogen-bond acceptors (Lipinski definition) is 4. The molecule has 4 rings (SSSR count). The molecule has 24 heavy (non-hydrogen) atoms. The van der Waals surface area contributed by atoms with Gasteiger partial charge >= 0.3 is 0 Å². The molecule has 1 aliphatic heterocycles. The van der Waals surface area contributed by atoms with Gasteiger partial charge < -0.3 is 19.8 Å². The van der Waals surface area contributed by atoms with Gasteiger partial charge in [0, 0.05) is 30.3 Å². The number of nitrogens with two attached hydrogens (primary N) is 1. The van der Waals surface area contributed by atoms with E-state index in [1.807, 2.05) is 24.3 Å². The van der Waals surface area contributed by atoms with E-state index in [9.17, 15) is 0 Å².